The van der Waals surface area contributed by atoms with Crippen molar-refractivity contribution in [3.8, 4) is 0 Å². The Kier molecular flexibility index (Phi) is 16.9. The van der Waals surface area contributed by atoms with E-state index in [0.717, 1.165) is 39.1 Å². The molecule has 8 N–H and O–H groups in total. The summed E-state index contributed by atoms with van der Waals surface area (Å²) < 4.78 is 54.4. The van der Waals surface area contributed by atoms with Gasteiger partial charge in [-0.1, -0.05) is 12.1 Å². The molecule has 3 aromatic carbocycles. The molecular weight excluding hydrogens is 909 g/mol. The van der Waals surface area contributed by atoms with E-state index in [4.69, 9.17) is 39.4 Å². The number of nitro groups is 1. The summed E-state index contributed by atoms with van der Waals surface area (Å²) in [7, 11) is 0. The Morgan fingerprint density at radius 3 is 1.80 bits per heavy atom. The second-order valence-electron chi connectivity index (χ2n) is 17.6. The van der Waals surface area contributed by atoms with Gasteiger partial charge in [0.25, 0.3) is 5.69 Å². The SMILES string of the molecule is Cc1cc([C@H]2CC(O)[C@@H](CO)O2)c(F)cc1F.Cc1cccc2c1ncn2[C@H]1CC(O)[C@@H](CO)O1.Cc1ccn([C@H]2CC(O)[C@@H](CO)O2)c1.O=[N+]([O-])c1ccc2c(ccn2[C@H]2CC(O)[C@@H](CO)O2)c1. The molecule has 374 valence electrons. The highest BCUT2D eigenvalue weighted by Gasteiger charge is 2.38. The van der Waals surface area contributed by atoms with Crippen LogP contribution >= 0.6 is 0 Å². The van der Waals surface area contributed by atoms with Crippen molar-refractivity contribution in [1.29, 1.82) is 0 Å². The third-order valence-electron chi connectivity index (χ3n) is 12.7. The molecule has 0 saturated carbocycles. The summed E-state index contributed by atoms with van der Waals surface area (Å²) in [5, 5.41) is 86.1. The van der Waals surface area contributed by atoms with E-state index in [1.165, 1.54) is 25.1 Å². The number of aliphatic hydroxyl groups is 8. The molecule has 3 aromatic heterocycles. The smallest absolute Gasteiger partial charge is 0.270 e. The maximum absolute atomic E-state index is 13.6. The van der Waals surface area contributed by atoms with Crippen LogP contribution in [0.25, 0.3) is 21.9 Å². The van der Waals surface area contributed by atoms with Crippen LogP contribution in [0.15, 0.2) is 85.6 Å². The Morgan fingerprint density at radius 1 is 0.652 bits per heavy atom. The molecule has 6 aromatic rings. The summed E-state index contributed by atoms with van der Waals surface area (Å²) in [6, 6.07) is 16.5. The molecule has 4 aliphatic rings. The van der Waals surface area contributed by atoms with Gasteiger partial charge in [0.1, 0.15) is 54.7 Å². The van der Waals surface area contributed by atoms with Gasteiger partial charge in [-0.2, -0.15) is 0 Å². The number of non-ortho nitro benzene ring substituents is 1. The molecule has 10 rings (SSSR count). The van der Waals surface area contributed by atoms with Gasteiger partial charge in [-0.15, -0.1) is 0 Å². The van der Waals surface area contributed by atoms with Crippen molar-refractivity contribution in [3.05, 3.63) is 130 Å². The van der Waals surface area contributed by atoms with Gasteiger partial charge in [0.2, 0.25) is 0 Å². The van der Waals surface area contributed by atoms with Crippen molar-refractivity contribution < 1.29 is 73.5 Å². The first-order valence-electron chi connectivity index (χ1n) is 22.6. The maximum Gasteiger partial charge on any atom is 0.270 e. The van der Waals surface area contributed by atoms with Crippen molar-refractivity contribution in [2.75, 3.05) is 26.4 Å². The molecule has 4 saturated heterocycles. The molecule has 19 nitrogen and oxygen atoms in total. The lowest BCUT2D eigenvalue weighted by Gasteiger charge is -2.14. The van der Waals surface area contributed by atoms with Crippen molar-refractivity contribution in [2.45, 2.75) is 120 Å². The number of nitrogens with zero attached hydrogens (tertiary/aromatic N) is 5. The van der Waals surface area contributed by atoms with Gasteiger partial charge in [0.15, 0.2) is 0 Å². The van der Waals surface area contributed by atoms with Gasteiger partial charge >= 0.3 is 0 Å². The van der Waals surface area contributed by atoms with E-state index in [9.17, 15) is 39.3 Å². The van der Waals surface area contributed by atoms with Gasteiger partial charge in [-0.25, -0.2) is 13.8 Å². The summed E-state index contributed by atoms with van der Waals surface area (Å²) >= 11 is 0. The molecule has 4 aliphatic heterocycles. The molecule has 0 amide bonds. The third kappa shape index (κ3) is 11.7. The number of imidazole rings is 1. The van der Waals surface area contributed by atoms with Crippen molar-refractivity contribution in [1.82, 2.24) is 18.7 Å². The molecule has 0 spiro atoms. The number of aliphatic hydroxyl groups excluding tert-OH is 8. The number of nitro benzene ring substituents is 1. The predicted octanol–water partition coefficient (Wildman–Crippen LogP) is 4.07. The molecule has 4 unspecified atom stereocenters. The number of aromatic nitrogens is 4. The van der Waals surface area contributed by atoms with E-state index in [1.54, 1.807) is 24.7 Å². The first-order valence-corrected chi connectivity index (χ1v) is 22.6. The van der Waals surface area contributed by atoms with Crippen LogP contribution in [-0.2, 0) is 18.9 Å². The van der Waals surface area contributed by atoms with Gasteiger partial charge < -0.3 is 73.5 Å². The van der Waals surface area contributed by atoms with Crippen LogP contribution < -0.4 is 0 Å². The van der Waals surface area contributed by atoms with E-state index < -0.39 is 71.5 Å². The highest BCUT2D eigenvalue weighted by atomic mass is 19.1. The van der Waals surface area contributed by atoms with E-state index in [2.05, 4.69) is 4.98 Å². The minimum atomic E-state index is -0.824. The Balaban J connectivity index is 0.000000137. The number of fused-ring (bicyclic) bond motifs is 2. The topological polar surface area (TPSA) is 270 Å². The lowest BCUT2D eigenvalue weighted by Crippen LogP contribution is -2.24. The fourth-order valence-electron chi connectivity index (χ4n) is 8.83. The molecular formula is C48H59F2N5O14. The van der Waals surface area contributed by atoms with Gasteiger partial charge in [-0.3, -0.25) is 10.1 Å². The minimum absolute atomic E-state index is 0.0378. The largest absolute Gasteiger partial charge is 0.394 e. The van der Waals surface area contributed by atoms with E-state index in [-0.39, 0.29) is 62.8 Å². The molecule has 69 heavy (non-hydrogen) atoms. The lowest BCUT2D eigenvalue weighted by molar-refractivity contribution is -0.384. The fourth-order valence-corrected chi connectivity index (χ4v) is 8.83. The van der Waals surface area contributed by atoms with Crippen molar-refractivity contribution >= 4 is 27.6 Å². The number of ether oxygens (including phenoxy) is 4. The molecule has 21 heteroatoms. The Hall–Kier alpha value is -5.27. The van der Waals surface area contributed by atoms with E-state index in [1.807, 2.05) is 64.2 Å². The molecule has 0 bridgehead atoms. The van der Waals surface area contributed by atoms with Crippen LogP contribution in [-0.4, -0.2) is 140 Å². The summed E-state index contributed by atoms with van der Waals surface area (Å²) in [6.45, 7) is 4.71. The number of hydrogen-bond donors (Lipinski definition) is 8. The number of benzene rings is 3. The van der Waals surface area contributed by atoms with Crippen LogP contribution in [0.4, 0.5) is 14.5 Å². The molecule has 4 fully saturated rings. The van der Waals surface area contributed by atoms with E-state index in [0.29, 0.717) is 24.8 Å². The van der Waals surface area contributed by atoms with Crippen LogP contribution in [0.1, 0.15) is 72.7 Å². The summed E-state index contributed by atoms with van der Waals surface area (Å²) in [6.07, 6.45) is 2.63. The number of para-hydroxylation sites is 1. The molecule has 0 radical (unpaired) electrons. The van der Waals surface area contributed by atoms with Gasteiger partial charge in [0.05, 0.1) is 84.7 Å². The zero-order valence-corrected chi connectivity index (χ0v) is 38.2. The number of halogens is 2. The third-order valence-corrected chi connectivity index (χ3v) is 12.7. The molecule has 0 aliphatic carbocycles. The summed E-state index contributed by atoms with van der Waals surface area (Å²) in [4.78, 5) is 14.7. The van der Waals surface area contributed by atoms with Crippen molar-refractivity contribution in [3.63, 3.8) is 0 Å². The van der Waals surface area contributed by atoms with Crippen LogP contribution in [0.5, 0.6) is 0 Å². The first-order chi connectivity index (χ1) is 33.0. The van der Waals surface area contributed by atoms with E-state index >= 15 is 0 Å². The van der Waals surface area contributed by atoms with Crippen LogP contribution in [0.3, 0.4) is 0 Å². The Bertz CT molecular complexity index is 2660. The normalized spacial score (nSPS) is 28.5. The molecule has 12 atom stereocenters. The minimum Gasteiger partial charge on any atom is -0.394 e. The van der Waals surface area contributed by atoms with Crippen LogP contribution in [0.2, 0.25) is 0 Å². The second-order valence-corrected chi connectivity index (χ2v) is 17.6. The first kappa shape index (κ1) is 51.6. The summed E-state index contributed by atoms with van der Waals surface area (Å²) in [5.41, 5.74) is 5.60. The molecule has 7 heterocycles. The predicted molar refractivity (Wildman–Crippen MR) is 244 cm³/mol. The zero-order chi connectivity index (χ0) is 49.7. The number of rotatable bonds is 9. The second kappa shape index (κ2) is 22.7. The standard InChI is InChI=1S/C13H14N2O5.C13H16N2O3.C12H14F2O3.C10H15NO3/c16-7-12-11(17)6-13(20-12)14-4-3-8-5-9(15(18)19)1-2-10(8)14;1-8-3-2-4-9-13(8)14-7-15(9)12-5-10(17)11(6-16)18-12;1-6-2-7(9(14)3-8(6)13)11-4-10(16)12(5-15)17-11;1-7-2-3-11(5-7)10-4-8(13)9(6-12)14-10/h1-5,11-13,16-17H,6-7H2;2-4,7,10-12,16-17H,5-6H2,1H3;2-3,10-12,15-16H,4-5H2,1H3;2-3,5,8-10,12-13H,4,6H2,1H3/t11?,12-,13-;2*10?,11-,12-;8?,9-,10-/m1111/s1. The lowest BCUT2D eigenvalue weighted by atomic mass is 10.0. The summed E-state index contributed by atoms with van der Waals surface area (Å²) in [5.74, 6) is -1.30. The average molecular weight is 968 g/mol. The maximum atomic E-state index is 13.6. The Morgan fingerprint density at radius 2 is 1.23 bits per heavy atom. The average Bonchev–Trinajstić information content (AvgIpc) is 4.21. The quantitative estimate of drug-likeness (QED) is 0.0750. The zero-order valence-electron chi connectivity index (χ0n) is 38.2. The highest BCUT2D eigenvalue weighted by molar-refractivity contribution is 5.82. The fraction of sp³-hybridized carbons (Fsp3) is 0.479. The monoisotopic (exact) mass is 967 g/mol. The van der Waals surface area contributed by atoms with Crippen LogP contribution in [0, 0.1) is 42.5 Å². The van der Waals surface area contributed by atoms with Gasteiger partial charge in [-0.05, 0) is 67.8 Å². The number of hydrogen-bond acceptors (Lipinski definition) is 15. The van der Waals surface area contributed by atoms with Gasteiger partial charge in [0, 0.05) is 73.4 Å². The highest BCUT2D eigenvalue weighted by Crippen LogP contribution is 2.36. The number of aryl methyl sites for hydroxylation is 3. The Labute approximate surface area is 395 Å². The van der Waals surface area contributed by atoms with Crippen molar-refractivity contribution in [2.24, 2.45) is 0 Å².